The standard InChI is InChI=1S/C17H9Cl2N3/c18-16-20-15(21-17(19)22-16)14-9-10-5-1-2-6-11(10)12-7-3-4-8-13(12)14/h1-9H. The van der Waals surface area contributed by atoms with Gasteiger partial charge in [-0.1, -0.05) is 48.5 Å². The first-order valence-corrected chi connectivity index (χ1v) is 7.46. The van der Waals surface area contributed by atoms with Crippen LogP contribution in [0.2, 0.25) is 10.6 Å². The van der Waals surface area contributed by atoms with Gasteiger partial charge in [-0.3, -0.25) is 0 Å². The average molecular weight is 326 g/mol. The van der Waals surface area contributed by atoms with Crippen LogP contribution in [0.5, 0.6) is 0 Å². The van der Waals surface area contributed by atoms with E-state index in [1.54, 1.807) is 0 Å². The van der Waals surface area contributed by atoms with Gasteiger partial charge in [-0.15, -0.1) is 0 Å². The predicted molar refractivity (Wildman–Crippen MR) is 90.3 cm³/mol. The van der Waals surface area contributed by atoms with Gasteiger partial charge < -0.3 is 0 Å². The summed E-state index contributed by atoms with van der Waals surface area (Å²) in [5, 5.41) is 4.68. The molecule has 0 amide bonds. The minimum atomic E-state index is 0.0900. The van der Waals surface area contributed by atoms with E-state index in [1.807, 2.05) is 30.3 Å². The Morgan fingerprint density at radius 3 is 1.95 bits per heavy atom. The molecule has 0 unspecified atom stereocenters. The van der Waals surface area contributed by atoms with Crippen molar-refractivity contribution in [1.29, 1.82) is 0 Å². The lowest BCUT2D eigenvalue weighted by Crippen LogP contribution is -1.95. The highest BCUT2D eigenvalue weighted by atomic mass is 35.5. The molecule has 3 aromatic carbocycles. The van der Waals surface area contributed by atoms with E-state index in [0.717, 1.165) is 21.7 Å². The van der Waals surface area contributed by atoms with Crippen LogP contribution in [0.25, 0.3) is 32.9 Å². The highest BCUT2D eigenvalue weighted by Crippen LogP contribution is 2.33. The molecule has 1 heterocycles. The summed E-state index contributed by atoms with van der Waals surface area (Å²) in [7, 11) is 0. The maximum absolute atomic E-state index is 5.92. The number of aromatic nitrogens is 3. The molecule has 22 heavy (non-hydrogen) atoms. The fourth-order valence-corrected chi connectivity index (χ4v) is 3.05. The molecular formula is C17H9Cl2N3. The summed E-state index contributed by atoms with van der Waals surface area (Å²) in [6.07, 6.45) is 0. The molecule has 0 bridgehead atoms. The number of fused-ring (bicyclic) bond motifs is 3. The normalized spacial score (nSPS) is 11.2. The summed E-state index contributed by atoms with van der Waals surface area (Å²) in [5.74, 6) is 0.479. The van der Waals surface area contributed by atoms with Crippen molar-refractivity contribution in [3.05, 3.63) is 65.2 Å². The molecule has 4 rings (SSSR count). The van der Waals surface area contributed by atoms with Gasteiger partial charge >= 0.3 is 0 Å². The van der Waals surface area contributed by atoms with Gasteiger partial charge in [0.15, 0.2) is 5.82 Å². The monoisotopic (exact) mass is 325 g/mol. The second kappa shape index (κ2) is 5.20. The van der Waals surface area contributed by atoms with E-state index in [2.05, 4.69) is 39.2 Å². The van der Waals surface area contributed by atoms with E-state index >= 15 is 0 Å². The van der Waals surface area contributed by atoms with Crippen molar-refractivity contribution >= 4 is 44.7 Å². The maximum atomic E-state index is 5.92. The number of halogens is 2. The third kappa shape index (κ3) is 2.19. The van der Waals surface area contributed by atoms with Crippen LogP contribution in [-0.4, -0.2) is 15.0 Å². The zero-order valence-corrected chi connectivity index (χ0v) is 12.8. The number of hydrogen-bond acceptors (Lipinski definition) is 3. The van der Waals surface area contributed by atoms with Crippen LogP contribution >= 0.6 is 23.2 Å². The Hall–Kier alpha value is -2.23. The number of rotatable bonds is 1. The van der Waals surface area contributed by atoms with Gasteiger partial charge in [-0.05, 0) is 50.8 Å². The van der Waals surface area contributed by atoms with Crippen LogP contribution in [0.1, 0.15) is 0 Å². The highest BCUT2D eigenvalue weighted by Gasteiger charge is 2.12. The zero-order valence-electron chi connectivity index (χ0n) is 11.3. The lowest BCUT2D eigenvalue weighted by Gasteiger charge is -2.09. The second-order valence-corrected chi connectivity index (χ2v) is 5.56. The molecule has 0 aliphatic heterocycles. The number of nitrogens with zero attached hydrogens (tertiary/aromatic N) is 3. The molecule has 3 nitrogen and oxygen atoms in total. The van der Waals surface area contributed by atoms with Crippen molar-refractivity contribution in [3.63, 3.8) is 0 Å². The predicted octanol–water partition coefficient (Wildman–Crippen LogP) is 5.15. The van der Waals surface area contributed by atoms with Crippen molar-refractivity contribution in [2.45, 2.75) is 0 Å². The molecule has 0 aliphatic rings. The van der Waals surface area contributed by atoms with Crippen LogP contribution in [0.15, 0.2) is 54.6 Å². The third-order valence-corrected chi connectivity index (χ3v) is 3.93. The van der Waals surface area contributed by atoms with Gasteiger partial charge in [0, 0.05) is 5.56 Å². The van der Waals surface area contributed by atoms with E-state index in [0.29, 0.717) is 5.82 Å². The summed E-state index contributed by atoms with van der Waals surface area (Å²) in [6, 6.07) is 18.4. The molecule has 106 valence electrons. The van der Waals surface area contributed by atoms with Crippen molar-refractivity contribution in [1.82, 2.24) is 15.0 Å². The molecule has 0 fully saturated rings. The molecule has 0 radical (unpaired) electrons. The Bertz CT molecular complexity index is 995. The molecule has 0 aliphatic carbocycles. The minimum absolute atomic E-state index is 0.0900. The summed E-state index contributed by atoms with van der Waals surface area (Å²) >= 11 is 11.8. The van der Waals surface area contributed by atoms with E-state index in [9.17, 15) is 0 Å². The van der Waals surface area contributed by atoms with E-state index in [-0.39, 0.29) is 10.6 Å². The molecule has 0 saturated heterocycles. The van der Waals surface area contributed by atoms with Gasteiger partial charge in [0.1, 0.15) is 0 Å². The lowest BCUT2D eigenvalue weighted by atomic mass is 9.97. The van der Waals surface area contributed by atoms with Gasteiger partial charge in [0.25, 0.3) is 0 Å². The van der Waals surface area contributed by atoms with Crippen molar-refractivity contribution in [3.8, 4) is 11.4 Å². The SMILES string of the molecule is Clc1nc(Cl)nc(-c2cc3ccccc3c3ccccc23)n1. The zero-order chi connectivity index (χ0) is 15.1. The van der Waals surface area contributed by atoms with Gasteiger partial charge in [-0.25, -0.2) is 0 Å². The van der Waals surface area contributed by atoms with Crippen molar-refractivity contribution in [2.24, 2.45) is 0 Å². The average Bonchev–Trinajstić information content (AvgIpc) is 2.53. The minimum Gasteiger partial charge on any atom is -0.198 e. The van der Waals surface area contributed by atoms with Gasteiger partial charge in [0.2, 0.25) is 10.6 Å². The largest absolute Gasteiger partial charge is 0.227 e. The molecule has 0 spiro atoms. The molecule has 4 aromatic rings. The van der Waals surface area contributed by atoms with Crippen molar-refractivity contribution in [2.75, 3.05) is 0 Å². The highest BCUT2D eigenvalue weighted by molar-refractivity contribution is 6.31. The Morgan fingerprint density at radius 1 is 0.636 bits per heavy atom. The van der Waals surface area contributed by atoms with Gasteiger partial charge in [-0.2, -0.15) is 15.0 Å². The van der Waals surface area contributed by atoms with Crippen molar-refractivity contribution < 1.29 is 0 Å². The van der Waals surface area contributed by atoms with Crippen LogP contribution in [0.4, 0.5) is 0 Å². The third-order valence-electron chi connectivity index (χ3n) is 3.59. The first-order chi connectivity index (χ1) is 10.7. The van der Waals surface area contributed by atoms with Crippen LogP contribution in [0.3, 0.4) is 0 Å². The fourth-order valence-electron chi connectivity index (χ4n) is 2.69. The van der Waals surface area contributed by atoms with Crippen LogP contribution in [-0.2, 0) is 0 Å². The van der Waals surface area contributed by atoms with E-state index in [4.69, 9.17) is 23.2 Å². The van der Waals surface area contributed by atoms with E-state index in [1.165, 1.54) is 5.39 Å². The Kier molecular flexibility index (Phi) is 3.17. The summed E-state index contributed by atoms with van der Waals surface area (Å²) in [6.45, 7) is 0. The first kappa shape index (κ1) is 13.4. The first-order valence-electron chi connectivity index (χ1n) is 6.70. The lowest BCUT2D eigenvalue weighted by molar-refractivity contribution is 1.06. The number of benzene rings is 3. The smallest absolute Gasteiger partial charge is 0.198 e. The second-order valence-electron chi connectivity index (χ2n) is 4.89. The van der Waals surface area contributed by atoms with Gasteiger partial charge in [0.05, 0.1) is 0 Å². The summed E-state index contributed by atoms with van der Waals surface area (Å²) in [4.78, 5) is 12.3. The van der Waals surface area contributed by atoms with E-state index < -0.39 is 0 Å². The molecule has 0 N–H and O–H groups in total. The Balaban J connectivity index is 2.15. The van der Waals surface area contributed by atoms with Crippen LogP contribution < -0.4 is 0 Å². The van der Waals surface area contributed by atoms with Crippen LogP contribution in [0, 0.1) is 0 Å². The number of hydrogen-bond donors (Lipinski definition) is 0. The topological polar surface area (TPSA) is 38.7 Å². The molecular weight excluding hydrogens is 317 g/mol. The fraction of sp³-hybridized carbons (Fsp3) is 0. The molecule has 5 heteroatoms. The maximum Gasteiger partial charge on any atom is 0.227 e. The quantitative estimate of drug-likeness (QED) is 0.454. The molecule has 1 aromatic heterocycles. The summed E-state index contributed by atoms with van der Waals surface area (Å²) in [5.41, 5.74) is 0.889. The molecule has 0 atom stereocenters. The Labute approximate surface area is 136 Å². The molecule has 0 saturated carbocycles. The summed E-state index contributed by atoms with van der Waals surface area (Å²) < 4.78 is 0. The Morgan fingerprint density at radius 2 is 1.23 bits per heavy atom.